The lowest BCUT2D eigenvalue weighted by atomic mass is 10.1. The maximum atomic E-state index is 12.9. The summed E-state index contributed by atoms with van der Waals surface area (Å²) in [5.41, 5.74) is 0.757. The summed E-state index contributed by atoms with van der Waals surface area (Å²) >= 11 is 0. The smallest absolute Gasteiger partial charge is 0.271 e. The topological polar surface area (TPSA) is 83.9 Å². The van der Waals surface area contributed by atoms with E-state index >= 15 is 0 Å². The van der Waals surface area contributed by atoms with Gasteiger partial charge in [-0.25, -0.2) is 14.4 Å². The third-order valence-electron chi connectivity index (χ3n) is 3.50. The zero-order valence-electron chi connectivity index (χ0n) is 13.4. The second kappa shape index (κ2) is 7.08. The molecule has 0 unspecified atom stereocenters. The molecule has 0 aliphatic carbocycles. The summed E-state index contributed by atoms with van der Waals surface area (Å²) in [5.74, 6) is -0.0925. The van der Waals surface area contributed by atoms with Crippen LogP contribution in [0.1, 0.15) is 12.8 Å². The molecule has 8 heteroatoms. The summed E-state index contributed by atoms with van der Waals surface area (Å²) in [6.07, 6.45) is 1.99. The number of hydrogen-bond acceptors (Lipinski definition) is 5. The Hall–Kier alpha value is -3.29. The Morgan fingerprint density at radius 3 is 2.60 bits per heavy atom. The van der Waals surface area contributed by atoms with Crippen LogP contribution >= 0.6 is 0 Å². The van der Waals surface area contributed by atoms with E-state index < -0.39 is 0 Å². The van der Waals surface area contributed by atoms with Crippen molar-refractivity contribution >= 4 is 23.2 Å². The zero-order chi connectivity index (χ0) is 17.8. The van der Waals surface area contributed by atoms with Crippen molar-refractivity contribution in [3.05, 3.63) is 48.4 Å². The minimum absolute atomic E-state index is 0.125. The summed E-state index contributed by atoms with van der Waals surface area (Å²) in [6, 6.07) is 8.77. The summed E-state index contributed by atoms with van der Waals surface area (Å²) in [4.78, 5) is 27.6. The highest BCUT2D eigenvalue weighted by molar-refractivity contribution is 6.43. The van der Waals surface area contributed by atoms with E-state index in [1.54, 1.807) is 12.1 Å². The average Bonchev–Trinajstić information content (AvgIpc) is 2.61. The van der Waals surface area contributed by atoms with Crippen molar-refractivity contribution in [1.82, 2.24) is 9.99 Å². The third-order valence-corrected chi connectivity index (χ3v) is 3.50. The number of anilines is 1. The van der Waals surface area contributed by atoms with Crippen molar-refractivity contribution in [3.8, 4) is 11.6 Å². The Labute approximate surface area is 143 Å². The molecule has 2 aromatic rings. The molecule has 1 aliphatic heterocycles. The molecule has 0 saturated carbocycles. The molecule has 1 N–H and O–H groups in total. The van der Waals surface area contributed by atoms with Gasteiger partial charge < -0.3 is 10.1 Å². The molecule has 0 spiro atoms. The van der Waals surface area contributed by atoms with Gasteiger partial charge in [-0.2, -0.15) is 5.10 Å². The number of nitrogens with one attached hydrogen (secondary N) is 1. The van der Waals surface area contributed by atoms with Gasteiger partial charge in [-0.1, -0.05) is 0 Å². The first-order valence-corrected chi connectivity index (χ1v) is 7.56. The lowest BCUT2D eigenvalue weighted by Crippen LogP contribution is -2.34. The van der Waals surface area contributed by atoms with E-state index in [0.29, 0.717) is 23.7 Å². The molecule has 0 radical (unpaired) electrons. The molecule has 2 heterocycles. The molecular weight excluding hydrogens is 327 g/mol. The van der Waals surface area contributed by atoms with Crippen molar-refractivity contribution in [2.24, 2.45) is 5.10 Å². The second-order valence-electron chi connectivity index (χ2n) is 5.36. The number of ether oxygens (including phenoxy) is 1. The van der Waals surface area contributed by atoms with Crippen molar-refractivity contribution in [3.63, 3.8) is 0 Å². The molecule has 1 aliphatic rings. The molecule has 2 amide bonds. The van der Waals surface area contributed by atoms with Crippen molar-refractivity contribution in [2.45, 2.75) is 12.8 Å². The first-order chi connectivity index (χ1) is 12.0. The Bertz CT molecular complexity index is 819. The lowest BCUT2D eigenvalue weighted by molar-refractivity contribution is -0.130. The third kappa shape index (κ3) is 4.17. The zero-order valence-corrected chi connectivity index (χ0v) is 13.4. The predicted molar refractivity (Wildman–Crippen MR) is 88.8 cm³/mol. The van der Waals surface area contributed by atoms with Crippen LogP contribution in [0.3, 0.4) is 0 Å². The van der Waals surface area contributed by atoms with Crippen LogP contribution in [0.15, 0.2) is 47.7 Å². The number of pyridine rings is 1. The van der Waals surface area contributed by atoms with Crippen LogP contribution in [-0.4, -0.2) is 34.6 Å². The number of carbonyl (C=O) groups is 2. The van der Waals surface area contributed by atoms with Gasteiger partial charge in [-0.3, -0.25) is 9.59 Å². The average molecular weight is 342 g/mol. The van der Waals surface area contributed by atoms with E-state index in [4.69, 9.17) is 4.74 Å². The van der Waals surface area contributed by atoms with Crippen molar-refractivity contribution < 1.29 is 18.7 Å². The van der Waals surface area contributed by atoms with Gasteiger partial charge in [0.2, 0.25) is 11.8 Å². The molecule has 1 aromatic carbocycles. The fourth-order valence-corrected chi connectivity index (χ4v) is 2.17. The van der Waals surface area contributed by atoms with Crippen LogP contribution in [0, 0.1) is 5.82 Å². The van der Waals surface area contributed by atoms with Gasteiger partial charge in [0.25, 0.3) is 5.91 Å². The van der Waals surface area contributed by atoms with E-state index in [-0.39, 0.29) is 29.8 Å². The molecule has 25 heavy (non-hydrogen) atoms. The number of amides is 2. The number of halogens is 1. The molecule has 3 rings (SSSR count). The van der Waals surface area contributed by atoms with Crippen LogP contribution < -0.4 is 10.1 Å². The number of nitrogens with zero attached hydrogens (tertiary/aromatic N) is 3. The Balaban J connectivity index is 1.62. The van der Waals surface area contributed by atoms with Crippen molar-refractivity contribution in [1.29, 1.82) is 0 Å². The number of hydrazone groups is 1. The van der Waals surface area contributed by atoms with E-state index in [9.17, 15) is 14.0 Å². The second-order valence-corrected chi connectivity index (χ2v) is 5.36. The van der Waals surface area contributed by atoms with Gasteiger partial charge in [0.05, 0.1) is 11.9 Å². The van der Waals surface area contributed by atoms with Crippen LogP contribution in [0.4, 0.5) is 10.1 Å². The maximum absolute atomic E-state index is 12.9. The fourth-order valence-electron chi connectivity index (χ4n) is 2.17. The summed E-state index contributed by atoms with van der Waals surface area (Å²) in [7, 11) is 1.51. The SMILES string of the molecule is CN1N=C(C(=O)Nc2ccc(Oc3ccc(F)cc3)nc2)CCC1=O. The maximum Gasteiger partial charge on any atom is 0.271 e. The summed E-state index contributed by atoms with van der Waals surface area (Å²) < 4.78 is 18.3. The van der Waals surface area contributed by atoms with E-state index in [2.05, 4.69) is 15.4 Å². The summed E-state index contributed by atoms with van der Waals surface area (Å²) in [5, 5.41) is 7.79. The Morgan fingerprint density at radius 2 is 1.96 bits per heavy atom. The van der Waals surface area contributed by atoms with Gasteiger partial charge in [0.1, 0.15) is 17.3 Å². The minimum atomic E-state index is -0.381. The standard InChI is InChI=1S/C17H15FN4O3/c1-22-16(23)9-7-14(21-22)17(24)20-12-4-8-15(19-10-12)25-13-5-2-11(18)3-6-13/h2-6,8,10H,7,9H2,1H3,(H,20,24). The minimum Gasteiger partial charge on any atom is -0.439 e. The van der Waals surface area contributed by atoms with E-state index in [0.717, 1.165) is 5.01 Å². The monoisotopic (exact) mass is 342 g/mol. The largest absolute Gasteiger partial charge is 0.439 e. The highest BCUT2D eigenvalue weighted by atomic mass is 19.1. The quantitative estimate of drug-likeness (QED) is 0.925. The predicted octanol–water partition coefficient (Wildman–Crippen LogP) is 2.56. The number of benzene rings is 1. The molecule has 7 nitrogen and oxygen atoms in total. The summed E-state index contributed by atoms with van der Waals surface area (Å²) in [6.45, 7) is 0. The molecule has 0 atom stereocenters. The lowest BCUT2D eigenvalue weighted by Gasteiger charge is -2.18. The molecule has 128 valence electrons. The molecular formula is C17H15FN4O3. The highest BCUT2D eigenvalue weighted by Crippen LogP contribution is 2.20. The van der Waals surface area contributed by atoms with Gasteiger partial charge in [-0.05, 0) is 30.3 Å². The molecule has 0 saturated heterocycles. The number of hydrogen-bond donors (Lipinski definition) is 1. The van der Waals surface area contributed by atoms with Gasteiger partial charge in [0.15, 0.2) is 0 Å². The van der Waals surface area contributed by atoms with Crippen LogP contribution in [0.25, 0.3) is 0 Å². The van der Waals surface area contributed by atoms with Crippen molar-refractivity contribution in [2.75, 3.05) is 12.4 Å². The van der Waals surface area contributed by atoms with Gasteiger partial charge >= 0.3 is 0 Å². The Morgan fingerprint density at radius 1 is 1.20 bits per heavy atom. The molecule has 0 fully saturated rings. The van der Waals surface area contributed by atoms with Crippen LogP contribution in [-0.2, 0) is 9.59 Å². The number of aromatic nitrogens is 1. The molecule has 0 bridgehead atoms. The molecule has 1 aromatic heterocycles. The van der Waals surface area contributed by atoms with Crippen LogP contribution in [0.2, 0.25) is 0 Å². The Kier molecular flexibility index (Phi) is 4.69. The normalized spacial score (nSPS) is 14.1. The van der Waals surface area contributed by atoms with Crippen LogP contribution in [0.5, 0.6) is 11.6 Å². The van der Waals surface area contributed by atoms with E-state index in [1.807, 2.05) is 0 Å². The van der Waals surface area contributed by atoms with Gasteiger partial charge in [-0.15, -0.1) is 0 Å². The van der Waals surface area contributed by atoms with E-state index in [1.165, 1.54) is 37.5 Å². The number of carbonyl (C=O) groups excluding carboxylic acids is 2. The van der Waals surface area contributed by atoms with Gasteiger partial charge in [0, 0.05) is 26.0 Å². The fraction of sp³-hybridized carbons (Fsp3) is 0.176. The first-order valence-electron chi connectivity index (χ1n) is 7.56. The number of rotatable bonds is 4. The highest BCUT2D eigenvalue weighted by Gasteiger charge is 2.22. The first kappa shape index (κ1) is 16.6.